The molecule has 0 aromatic carbocycles. The molecule has 4 nitrogen and oxygen atoms in total. The van der Waals surface area contributed by atoms with Crippen molar-refractivity contribution < 1.29 is 18.0 Å². The molecule has 1 atom stereocenters. The van der Waals surface area contributed by atoms with E-state index in [2.05, 4.69) is 10.3 Å². The summed E-state index contributed by atoms with van der Waals surface area (Å²) in [6.07, 6.45) is -0.636. The van der Waals surface area contributed by atoms with Crippen LogP contribution in [0, 0.1) is 5.92 Å². The molecular weight excluding hydrogens is 247 g/mol. The minimum atomic E-state index is -4.22. The molecule has 0 spiro atoms. The topological polar surface area (TPSA) is 46.9 Å². The lowest BCUT2D eigenvalue weighted by atomic mass is 9.95. The van der Waals surface area contributed by atoms with Crippen LogP contribution in [0.4, 0.5) is 13.2 Å². The molecule has 1 N–H and O–H groups in total. The Hall–Kier alpha value is -1.53. The highest BCUT2D eigenvalue weighted by atomic mass is 19.4. The predicted octanol–water partition coefficient (Wildman–Crippen LogP) is 1.51. The molecule has 2 heterocycles. The Morgan fingerprint density at radius 2 is 2.33 bits per heavy atom. The van der Waals surface area contributed by atoms with Crippen LogP contribution < -0.4 is 5.32 Å². The SMILES string of the molecule is O=C(NCCC(F)(F)F)C1CCn2cncc2C1. The first-order valence-corrected chi connectivity index (χ1v) is 5.79. The van der Waals surface area contributed by atoms with Crippen LogP contribution in [0.2, 0.25) is 0 Å². The van der Waals surface area contributed by atoms with Gasteiger partial charge in [0.1, 0.15) is 0 Å². The average molecular weight is 261 g/mol. The number of nitrogens with zero attached hydrogens (tertiary/aromatic N) is 2. The second-order valence-corrected chi connectivity index (χ2v) is 4.42. The van der Waals surface area contributed by atoms with E-state index in [9.17, 15) is 18.0 Å². The summed E-state index contributed by atoms with van der Waals surface area (Å²) in [6, 6.07) is 0. The molecule has 1 aromatic rings. The molecule has 0 aliphatic carbocycles. The fourth-order valence-corrected chi connectivity index (χ4v) is 2.06. The fourth-order valence-electron chi connectivity index (χ4n) is 2.06. The zero-order chi connectivity index (χ0) is 13.2. The van der Waals surface area contributed by atoms with Gasteiger partial charge in [0.2, 0.25) is 5.91 Å². The van der Waals surface area contributed by atoms with Gasteiger partial charge in [-0.15, -0.1) is 0 Å². The minimum Gasteiger partial charge on any atom is -0.356 e. The van der Waals surface area contributed by atoms with E-state index in [0.29, 0.717) is 19.4 Å². The van der Waals surface area contributed by atoms with E-state index in [1.165, 1.54) is 0 Å². The van der Waals surface area contributed by atoms with Crippen molar-refractivity contribution in [3.8, 4) is 0 Å². The van der Waals surface area contributed by atoms with Crippen LogP contribution in [-0.4, -0.2) is 28.2 Å². The van der Waals surface area contributed by atoms with Crippen LogP contribution >= 0.6 is 0 Å². The maximum absolute atomic E-state index is 11.9. The number of carbonyl (C=O) groups excluding carboxylic acids is 1. The Balaban J connectivity index is 1.81. The molecule has 0 fully saturated rings. The normalized spacial score (nSPS) is 19.4. The number of amides is 1. The zero-order valence-electron chi connectivity index (χ0n) is 9.70. The Morgan fingerprint density at radius 3 is 3.06 bits per heavy atom. The summed E-state index contributed by atoms with van der Waals surface area (Å²) in [4.78, 5) is 15.7. The third-order valence-electron chi connectivity index (χ3n) is 3.05. The highest BCUT2D eigenvalue weighted by molar-refractivity contribution is 5.79. The van der Waals surface area contributed by atoms with Crippen molar-refractivity contribution >= 4 is 5.91 Å². The van der Waals surface area contributed by atoms with E-state index in [1.807, 2.05) is 4.57 Å². The second kappa shape index (κ2) is 4.99. The first-order valence-electron chi connectivity index (χ1n) is 5.79. The smallest absolute Gasteiger partial charge is 0.356 e. The number of aryl methyl sites for hydroxylation is 1. The van der Waals surface area contributed by atoms with Crippen LogP contribution in [-0.2, 0) is 17.8 Å². The van der Waals surface area contributed by atoms with Gasteiger partial charge in [0.15, 0.2) is 0 Å². The van der Waals surface area contributed by atoms with Gasteiger partial charge in [-0.1, -0.05) is 0 Å². The van der Waals surface area contributed by atoms with Crippen LogP contribution in [0.25, 0.3) is 0 Å². The van der Waals surface area contributed by atoms with Crippen LogP contribution in [0.3, 0.4) is 0 Å². The van der Waals surface area contributed by atoms with Gasteiger partial charge in [-0.3, -0.25) is 4.79 Å². The van der Waals surface area contributed by atoms with E-state index >= 15 is 0 Å². The van der Waals surface area contributed by atoms with Crippen molar-refractivity contribution in [1.29, 1.82) is 0 Å². The van der Waals surface area contributed by atoms with Gasteiger partial charge in [0.05, 0.1) is 12.7 Å². The van der Waals surface area contributed by atoms with Crippen molar-refractivity contribution in [2.75, 3.05) is 6.54 Å². The number of rotatable bonds is 3. The van der Waals surface area contributed by atoms with E-state index in [-0.39, 0.29) is 18.4 Å². The summed E-state index contributed by atoms with van der Waals surface area (Å²) in [5, 5.41) is 2.34. The predicted molar refractivity (Wildman–Crippen MR) is 57.7 cm³/mol. The number of imidazole rings is 1. The van der Waals surface area contributed by atoms with E-state index < -0.39 is 12.6 Å². The van der Waals surface area contributed by atoms with E-state index in [1.54, 1.807) is 12.5 Å². The molecule has 100 valence electrons. The maximum Gasteiger partial charge on any atom is 0.390 e. The molecule has 2 rings (SSSR count). The molecule has 1 aliphatic rings. The third kappa shape index (κ3) is 3.24. The first kappa shape index (κ1) is 12.9. The molecule has 1 aromatic heterocycles. The highest BCUT2D eigenvalue weighted by Crippen LogP contribution is 2.21. The summed E-state index contributed by atoms with van der Waals surface area (Å²) in [7, 11) is 0. The highest BCUT2D eigenvalue weighted by Gasteiger charge is 2.28. The van der Waals surface area contributed by atoms with Crippen LogP contribution in [0.5, 0.6) is 0 Å². The maximum atomic E-state index is 11.9. The lowest BCUT2D eigenvalue weighted by Crippen LogP contribution is -2.36. The molecule has 7 heteroatoms. The summed E-state index contributed by atoms with van der Waals surface area (Å²) in [6.45, 7) is 0.338. The van der Waals surface area contributed by atoms with Crippen LogP contribution in [0.15, 0.2) is 12.5 Å². The van der Waals surface area contributed by atoms with Crippen molar-refractivity contribution in [2.45, 2.75) is 32.0 Å². The van der Waals surface area contributed by atoms with Gasteiger partial charge in [0, 0.05) is 37.3 Å². The first-order chi connectivity index (χ1) is 8.46. The molecule has 0 saturated heterocycles. The number of fused-ring (bicyclic) bond motifs is 1. The Labute approximate surface area is 102 Å². The van der Waals surface area contributed by atoms with Gasteiger partial charge in [-0.05, 0) is 6.42 Å². The average Bonchev–Trinajstić information content (AvgIpc) is 2.73. The number of aromatic nitrogens is 2. The standard InChI is InChI=1S/C11H14F3N3O/c12-11(13,14)2-3-16-10(18)8-1-4-17-7-15-6-9(17)5-8/h6-8H,1-5H2,(H,16,18). The van der Waals surface area contributed by atoms with E-state index in [0.717, 1.165) is 5.69 Å². The summed E-state index contributed by atoms with van der Waals surface area (Å²) < 4.78 is 37.8. The molecule has 1 aliphatic heterocycles. The van der Waals surface area contributed by atoms with Gasteiger partial charge in [-0.2, -0.15) is 13.2 Å². The summed E-state index contributed by atoms with van der Waals surface area (Å²) in [5.74, 6) is -0.547. The number of alkyl halides is 3. The van der Waals surface area contributed by atoms with Crippen molar-refractivity contribution in [2.24, 2.45) is 5.92 Å². The monoisotopic (exact) mass is 261 g/mol. The molecule has 0 saturated carbocycles. The number of nitrogens with one attached hydrogen (secondary N) is 1. The lowest BCUT2D eigenvalue weighted by Gasteiger charge is -2.23. The van der Waals surface area contributed by atoms with Crippen molar-refractivity contribution in [3.05, 3.63) is 18.2 Å². The summed E-state index contributed by atoms with van der Waals surface area (Å²) >= 11 is 0. The number of hydrogen-bond acceptors (Lipinski definition) is 2. The molecule has 0 radical (unpaired) electrons. The van der Waals surface area contributed by atoms with Gasteiger partial charge >= 0.3 is 6.18 Å². The molecule has 18 heavy (non-hydrogen) atoms. The molecule has 1 amide bonds. The second-order valence-electron chi connectivity index (χ2n) is 4.42. The molecule has 1 unspecified atom stereocenters. The Bertz CT molecular complexity index is 427. The van der Waals surface area contributed by atoms with Crippen molar-refractivity contribution in [3.63, 3.8) is 0 Å². The molecular formula is C11H14F3N3O. The number of hydrogen-bond donors (Lipinski definition) is 1. The largest absolute Gasteiger partial charge is 0.390 e. The number of halogens is 3. The quantitative estimate of drug-likeness (QED) is 0.896. The van der Waals surface area contributed by atoms with Gasteiger partial charge < -0.3 is 9.88 Å². The van der Waals surface area contributed by atoms with Gasteiger partial charge in [0.25, 0.3) is 0 Å². The van der Waals surface area contributed by atoms with Gasteiger partial charge in [-0.25, -0.2) is 4.98 Å². The zero-order valence-corrected chi connectivity index (χ0v) is 9.70. The fraction of sp³-hybridized carbons (Fsp3) is 0.636. The van der Waals surface area contributed by atoms with Crippen molar-refractivity contribution in [1.82, 2.24) is 14.9 Å². The molecule has 0 bridgehead atoms. The Kier molecular flexibility index (Phi) is 3.58. The van der Waals surface area contributed by atoms with Crippen LogP contribution in [0.1, 0.15) is 18.5 Å². The third-order valence-corrected chi connectivity index (χ3v) is 3.05. The Morgan fingerprint density at radius 1 is 1.56 bits per heavy atom. The number of carbonyl (C=O) groups is 1. The summed E-state index contributed by atoms with van der Waals surface area (Å²) in [5.41, 5.74) is 0.956. The van der Waals surface area contributed by atoms with E-state index in [4.69, 9.17) is 0 Å². The lowest BCUT2D eigenvalue weighted by molar-refractivity contribution is -0.136. The minimum absolute atomic E-state index is 0.248.